The Kier molecular flexibility index (Phi) is 6.61. The Hall–Kier alpha value is -2.12. The number of carbonyl (C=O) groups is 1. The fourth-order valence-corrected chi connectivity index (χ4v) is 3.88. The molecule has 140 valence electrons. The van der Waals surface area contributed by atoms with Gasteiger partial charge in [-0.25, -0.2) is 12.8 Å². The zero-order valence-electron chi connectivity index (χ0n) is 14.4. The van der Waals surface area contributed by atoms with Gasteiger partial charge in [-0.05, 0) is 35.4 Å². The zero-order valence-corrected chi connectivity index (χ0v) is 16.0. The molecule has 8 heteroatoms. The first-order valence-corrected chi connectivity index (χ1v) is 9.91. The number of rotatable bonds is 7. The van der Waals surface area contributed by atoms with E-state index in [-0.39, 0.29) is 18.0 Å². The van der Waals surface area contributed by atoms with Crippen molar-refractivity contribution < 1.29 is 22.3 Å². The maximum absolute atomic E-state index is 13.7. The van der Waals surface area contributed by atoms with Crippen LogP contribution in [-0.2, 0) is 26.9 Å². The second-order valence-corrected chi connectivity index (χ2v) is 8.38. The number of halogens is 2. The fourth-order valence-electron chi connectivity index (χ4n) is 2.35. The van der Waals surface area contributed by atoms with E-state index in [1.807, 2.05) is 0 Å². The lowest BCUT2D eigenvalue weighted by molar-refractivity contribution is -0.127. The number of nitrogens with zero attached hydrogens (tertiary/aromatic N) is 1. The zero-order chi connectivity index (χ0) is 19.3. The van der Waals surface area contributed by atoms with Gasteiger partial charge in [-0.3, -0.25) is 4.79 Å². The van der Waals surface area contributed by atoms with Crippen molar-refractivity contribution in [2.24, 2.45) is 0 Å². The quantitative estimate of drug-likeness (QED) is 0.717. The average molecular weight is 400 g/mol. The fraction of sp³-hybridized carbons (Fsp3) is 0.278. The molecule has 0 N–H and O–H groups in total. The molecule has 0 atom stereocenters. The highest BCUT2D eigenvalue weighted by Gasteiger charge is 2.20. The predicted molar refractivity (Wildman–Crippen MR) is 98.4 cm³/mol. The number of sulfone groups is 1. The summed E-state index contributed by atoms with van der Waals surface area (Å²) in [6, 6.07) is 10.7. The Morgan fingerprint density at radius 2 is 1.77 bits per heavy atom. The lowest BCUT2D eigenvalue weighted by atomic mass is 10.2. The number of hydrogen-bond donors (Lipinski definition) is 0. The molecule has 0 saturated heterocycles. The van der Waals surface area contributed by atoms with Crippen LogP contribution in [0.25, 0.3) is 0 Å². The van der Waals surface area contributed by atoms with E-state index in [2.05, 4.69) is 0 Å². The lowest BCUT2D eigenvalue weighted by Gasteiger charge is -2.18. The highest BCUT2D eigenvalue weighted by molar-refractivity contribution is 7.91. The van der Waals surface area contributed by atoms with Gasteiger partial charge < -0.3 is 9.64 Å². The van der Waals surface area contributed by atoms with Crippen LogP contribution in [0.2, 0.25) is 5.02 Å². The van der Waals surface area contributed by atoms with Gasteiger partial charge in [0.15, 0.2) is 21.4 Å². The van der Waals surface area contributed by atoms with E-state index in [1.165, 1.54) is 31.2 Å². The number of carbonyl (C=O) groups excluding carboxylic acids is 1. The molecule has 2 aromatic carbocycles. The van der Waals surface area contributed by atoms with Gasteiger partial charge in [-0.2, -0.15) is 0 Å². The molecule has 0 radical (unpaired) electrons. The molecule has 0 aliphatic heterocycles. The van der Waals surface area contributed by atoms with Crippen LogP contribution in [0.15, 0.2) is 42.5 Å². The summed E-state index contributed by atoms with van der Waals surface area (Å²) in [5, 5.41) is 0.508. The van der Waals surface area contributed by atoms with E-state index >= 15 is 0 Å². The second kappa shape index (κ2) is 8.51. The van der Waals surface area contributed by atoms with E-state index in [9.17, 15) is 17.6 Å². The molecule has 0 saturated carbocycles. The molecule has 0 bridgehead atoms. The van der Waals surface area contributed by atoms with E-state index in [1.54, 1.807) is 30.3 Å². The monoisotopic (exact) mass is 399 g/mol. The molecule has 2 rings (SSSR count). The first-order valence-electron chi connectivity index (χ1n) is 7.71. The van der Waals surface area contributed by atoms with Crippen LogP contribution < -0.4 is 4.74 Å². The Morgan fingerprint density at radius 3 is 2.35 bits per heavy atom. The standard InChI is InChI=1S/C18H19ClFNO4S/c1-21(10-14-5-8-17(25-2)16(20)9-14)18(22)12-26(23,24)11-13-3-6-15(19)7-4-13/h3-9H,10-12H2,1-2H3. The Morgan fingerprint density at radius 1 is 1.15 bits per heavy atom. The minimum atomic E-state index is -3.63. The van der Waals surface area contributed by atoms with Crippen molar-refractivity contribution in [3.63, 3.8) is 0 Å². The normalized spacial score (nSPS) is 11.2. The van der Waals surface area contributed by atoms with E-state index in [0.717, 1.165) is 0 Å². The van der Waals surface area contributed by atoms with E-state index < -0.39 is 27.3 Å². The van der Waals surface area contributed by atoms with Crippen molar-refractivity contribution >= 4 is 27.3 Å². The summed E-state index contributed by atoms with van der Waals surface area (Å²) in [5.41, 5.74) is 1.09. The SMILES string of the molecule is COc1ccc(CN(C)C(=O)CS(=O)(=O)Cc2ccc(Cl)cc2)cc1F. The summed E-state index contributed by atoms with van der Waals surface area (Å²) >= 11 is 5.77. The van der Waals surface area contributed by atoms with Gasteiger partial charge in [0, 0.05) is 18.6 Å². The van der Waals surface area contributed by atoms with Crippen LogP contribution in [0.5, 0.6) is 5.75 Å². The van der Waals surface area contributed by atoms with Gasteiger partial charge in [-0.15, -0.1) is 0 Å². The summed E-state index contributed by atoms with van der Waals surface area (Å²) in [5.74, 6) is -1.87. The third kappa shape index (κ3) is 5.71. The molecule has 5 nitrogen and oxygen atoms in total. The third-order valence-electron chi connectivity index (χ3n) is 3.70. The van der Waals surface area contributed by atoms with Crippen molar-refractivity contribution in [3.05, 3.63) is 64.4 Å². The first kappa shape index (κ1) is 20.2. The molecule has 26 heavy (non-hydrogen) atoms. The molecular formula is C18H19ClFNO4S. The average Bonchev–Trinajstić information content (AvgIpc) is 2.56. The molecule has 0 spiro atoms. The van der Waals surface area contributed by atoms with Crippen LogP contribution >= 0.6 is 11.6 Å². The van der Waals surface area contributed by atoms with Crippen molar-refractivity contribution in [1.29, 1.82) is 0 Å². The third-order valence-corrected chi connectivity index (χ3v) is 5.42. The number of hydrogen-bond acceptors (Lipinski definition) is 4. The lowest BCUT2D eigenvalue weighted by Crippen LogP contribution is -2.32. The summed E-state index contributed by atoms with van der Waals surface area (Å²) in [6.45, 7) is 0.0935. The molecule has 0 aromatic heterocycles. The molecule has 0 fully saturated rings. The van der Waals surface area contributed by atoms with Gasteiger partial charge in [0.1, 0.15) is 5.75 Å². The maximum atomic E-state index is 13.7. The van der Waals surface area contributed by atoms with Crippen LogP contribution in [0, 0.1) is 5.82 Å². The Bertz CT molecular complexity index is 885. The van der Waals surface area contributed by atoms with Gasteiger partial charge >= 0.3 is 0 Å². The van der Waals surface area contributed by atoms with Crippen LogP contribution in [0.1, 0.15) is 11.1 Å². The minimum Gasteiger partial charge on any atom is -0.494 e. The first-order chi connectivity index (χ1) is 12.2. The van der Waals surface area contributed by atoms with Crippen molar-refractivity contribution in [3.8, 4) is 5.75 Å². The van der Waals surface area contributed by atoms with Gasteiger partial charge in [0.05, 0.1) is 12.9 Å². The number of amides is 1. The van der Waals surface area contributed by atoms with Crippen LogP contribution in [0.3, 0.4) is 0 Å². The van der Waals surface area contributed by atoms with Crippen LogP contribution in [-0.4, -0.2) is 39.1 Å². The second-order valence-electron chi connectivity index (χ2n) is 5.88. The number of ether oxygens (including phenoxy) is 1. The summed E-state index contributed by atoms with van der Waals surface area (Å²) < 4.78 is 43.0. The molecule has 0 aliphatic rings. The Labute approximate surface area is 157 Å². The van der Waals surface area contributed by atoms with E-state index in [4.69, 9.17) is 16.3 Å². The summed E-state index contributed by atoms with van der Waals surface area (Å²) in [7, 11) is -0.796. The maximum Gasteiger partial charge on any atom is 0.237 e. The van der Waals surface area contributed by atoms with Crippen molar-refractivity contribution in [1.82, 2.24) is 4.90 Å². The molecule has 1 amide bonds. The van der Waals surface area contributed by atoms with Gasteiger partial charge in [-0.1, -0.05) is 29.8 Å². The molecule has 0 unspecified atom stereocenters. The summed E-state index contributed by atoms with van der Waals surface area (Å²) in [4.78, 5) is 13.5. The van der Waals surface area contributed by atoms with E-state index in [0.29, 0.717) is 16.1 Å². The van der Waals surface area contributed by atoms with Crippen LogP contribution in [0.4, 0.5) is 4.39 Å². The van der Waals surface area contributed by atoms with Crippen molar-refractivity contribution in [2.75, 3.05) is 19.9 Å². The largest absolute Gasteiger partial charge is 0.494 e. The highest BCUT2D eigenvalue weighted by Crippen LogP contribution is 2.19. The van der Waals surface area contributed by atoms with Crippen molar-refractivity contribution in [2.45, 2.75) is 12.3 Å². The molecular weight excluding hydrogens is 381 g/mol. The highest BCUT2D eigenvalue weighted by atomic mass is 35.5. The predicted octanol–water partition coefficient (Wildman–Crippen LogP) is 3.06. The topological polar surface area (TPSA) is 63.7 Å². The molecule has 0 aliphatic carbocycles. The smallest absolute Gasteiger partial charge is 0.237 e. The molecule has 2 aromatic rings. The number of benzene rings is 2. The molecule has 0 heterocycles. The summed E-state index contributed by atoms with van der Waals surface area (Å²) in [6.07, 6.45) is 0. The minimum absolute atomic E-state index is 0.0935. The number of methoxy groups -OCH3 is 1. The Balaban J connectivity index is 1.99. The van der Waals surface area contributed by atoms with Gasteiger partial charge in [0.25, 0.3) is 0 Å². The van der Waals surface area contributed by atoms with Gasteiger partial charge in [0.2, 0.25) is 5.91 Å².